The van der Waals surface area contributed by atoms with E-state index in [9.17, 15) is 0 Å². The van der Waals surface area contributed by atoms with E-state index in [4.69, 9.17) is 10.2 Å². The molecule has 1 aromatic carbocycles. The molecule has 0 aliphatic heterocycles. The quantitative estimate of drug-likeness (QED) is 0.408. The third-order valence-electron chi connectivity index (χ3n) is 3.75. The van der Waals surface area contributed by atoms with Crippen LogP contribution in [0.25, 0.3) is 12.2 Å². The van der Waals surface area contributed by atoms with E-state index in [-0.39, 0.29) is 37.2 Å². The number of hydrogen-bond donors (Lipinski definition) is 2. The summed E-state index contributed by atoms with van der Waals surface area (Å²) in [5.74, 6) is 0. The van der Waals surface area contributed by atoms with Crippen molar-refractivity contribution in [1.82, 2.24) is 0 Å². The summed E-state index contributed by atoms with van der Waals surface area (Å²) in [5.41, 5.74) is 3.30. The van der Waals surface area contributed by atoms with Crippen LogP contribution in [0.3, 0.4) is 0 Å². The zero-order chi connectivity index (χ0) is 16.5. The fourth-order valence-corrected chi connectivity index (χ4v) is 2.39. The maximum Gasteiger partial charge on any atom is 0.169 e. The second-order valence-electron chi connectivity index (χ2n) is 5.32. The standard InChI is InChI=1S/C19H25N2O2.HI/c1-2-20-11-9-18(10-12-20)4-3-17-5-7-19(8-6-17)21(13-15-22)14-16-23;/h3-12,22-23H,2,13-16H2,1H3;1H/q+1;/p-1. The van der Waals surface area contributed by atoms with Gasteiger partial charge in [0.15, 0.2) is 12.4 Å². The van der Waals surface area contributed by atoms with E-state index in [2.05, 4.69) is 48.2 Å². The van der Waals surface area contributed by atoms with E-state index < -0.39 is 0 Å². The lowest BCUT2D eigenvalue weighted by molar-refractivity contribution is -0.693. The van der Waals surface area contributed by atoms with Gasteiger partial charge < -0.3 is 39.1 Å². The van der Waals surface area contributed by atoms with Crippen LogP contribution in [0.5, 0.6) is 0 Å². The van der Waals surface area contributed by atoms with Crippen LogP contribution in [0.4, 0.5) is 5.69 Å². The SMILES string of the molecule is CC[n+]1ccc(C=Cc2ccc(N(CCO)CCO)cc2)cc1.[I-]. The van der Waals surface area contributed by atoms with Gasteiger partial charge in [-0.1, -0.05) is 24.3 Å². The van der Waals surface area contributed by atoms with Crippen LogP contribution in [-0.2, 0) is 6.54 Å². The topological polar surface area (TPSA) is 47.6 Å². The minimum atomic E-state index is 0. The van der Waals surface area contributed by atoms with Crippen molar-refractivity contribution in [3.05, 3.63) is 59.9 Å². The first-order valence-electron chi connectivity index (χ1n) is 8.00. The molecule has 1 aromatic heterocycles. The summed E-state index contributed by atoms with van der Waals surface area (Å²) >= 11 is 0. The van der Waals surface area contributed by atoms with Crippen LogP contribution < -0.4 is 33.4 Å². The first-order chi connectivity index (χ1) is 11.3. The zero-order valence-electron chi connectivity index (χ0n) is 14.0. The highest BCUT2D eigenvalue weighted by Crippen LogP contribution is 2.16. The number of aliphatic hydroxyl groups is 2. The second-order valence-corrected chi connectivity index (χ2v) is 5.32. The average Bonchev–Trinajstić information content (AvgIpc) is 2.61. The maximum absolute atomic E-state index is 9.09. The van der Waals surface area contributed by atoms with Crippen LogP contribution in [0.2, 0.25) is 0 Å². The summed E-state index contributed by atoms with van der Waals surface area (Å²) in [6.45, 7) is 4.30. The van der Waals surface area contributed by atoms with Gasteiger partial charge in [-0.25, -0.2) is 4.57 Å². The van der Waals surface area contributed by atoms with Gasteiger partial charge in [-0.15, -0.1) is 0 Å². The minimum Gasteiger partial charge on any atom is -1.00 e. The number of rotatable bonds is 8. The predicted octanol–water partition coefficient (Wildman–Crippen LogP) is -1.04. The van der Waals surface area contributed by atoms with E-state index >= 15 is 0 Å². The van der Waals surface area contributed by atoms with E-state index in [1.54, 1.807) is 0 Å². The Morgan fingerprint density at radius 3 is 1.83 bits per heavy atom. The lowest BCUT2D eigenvalue weighted by Crippen LogP contribution is -3.00. The fourth-order valence-electron chi connectivity index (χ4n) is 2.39. The highest BCUT2D eigenvalue weighted by Gasteiger charge is 2.04. The average molecular weight is 440 g/mol. The van der Waals surface area contributed by atoms with Crippen LogP contribution in [-0.4, -0.2) is 36.5 Å². The van der Waals surface area contributed by atoms with Gasteiger partial charge in [0, 0.05) is 30.9 Å². The Kier molecular flexibility index (Phi) is 9.59. The first-order valence-corrected chi connectivity index (χ1v) is 8.00. The third-order valence-corrected chi connectivity index (χ3v) is 3.75. The lowest BCUT2D eigenvalue weighted by atomic mass is 10.1. The van der Waals surface area contributed by atoms with Crippen LogP contribution in [0, 0.1) is 0 Å². The van der Waals surface area contributed by atoms with E-state index in [1.807, 2.05) is 29.2 Å². The molecule has 0 unspecified atom stereocenters. The summed E-state index contributed by atoms with van der Waals surface area (Å²) < 4.78 is 2.13. The van der Waals surface area contributed by atoms with Gasteiger partial charge in [-0.05, 0) is 30.2 Å². The molecule has 0 saturated carbocycles. The Morgan fingerprint density at radius 1 is 0.875 bits per heavy atom. The summed E-state index contributed by atoms with van der Waals surface area (Å²) in [6, 6.07) is 12.3. The number of pyridine rings is 1. The van der Waals surface area contributed by atoms with Gasteiger partial charge in [0.05, 0.1) is 13.2 Å². The molecule has 130 valence electrons. The van der Waals surface area contributed by atoms with Crippen molar-refractivity contribution < 1.29 is 38.8 Å². The number of aromatic nitrogens is 1. The molecular weight excluding hydrogens is 415 g/mol. The molecule has 0 fully saturated rings. The lowest BCUT2D eigenvalue weighted by Gasteiger charge is -2.22. The monoisotopic (exact) mass is 440 g/mol. The van der Waals surface area contributed by atoms with Crippen molar-refractivity contribution in [3.8, 4) is 0 Å². The Labute approximate surface area is 161 Å². The van der Waals surface area contributed by atoms with Crippen LogP contribution in [0.15, 0.2) is 48.8 Å². The van der Waals surface area contributed by atoms with Gasteiger partial charge in [0.2, 0.25) is 0 Å². The first kappa shape index (κ1) is 20.6. The van der Waals surface area contributed by atoms with Gasteiger partial charge in [0.25, 0.3) is 0 Å². The number of benzene rings is 1. The number of nitrogens with zero attached hydrogens (tertiary/aromatic N) is 2. The number of hydrogen-bond acceptors (Lipinski definition) is 3. The van der Waals surface area contributed by atoms with Crippen LogP contribution in [0.1, 0.15) is 18.1 Å². The van der Waals surface area contributed by atoms with E-state index in [0.717, 1.165) is 17.8 Å². The molecule has 1 heterocycles. The van der Waals surface area contributed by atoms with Crippen molar-refractivity contribution in [2.24, 2.45) is 0 Å². The molecule has 0 bridgehead atoms. The van der Waals surface area contributed by atoms with Crippen molar-refractivity contribution in [3.63, 3.8) is 0 Å². The van der Waals surface area contributed by atoms with Gasteiger partial charge in [-0.3, -0.25) is 0 Å². The molecule has 2 aromatic rings. The maximum atomic E-state index is 9.09. The number of anilines is 1. The summed E-state index contributed by atoms with van der Waals surface area (Å²) in [6.07, 6.45) is 8.32. The molecule has 0 atom stereocenters. The molecule has 5 heteroatoms. The van der Waals surface area contributed by atoms with E-state index in [0.29, 0.717) is 13.1 Å². The zero-order valence-corrected chi connectivity index (χ0v) is 16.1. The third kappa shape index (κ3) is 6.22. The van der Waals surface area contributed by atoms with Crippen molar-refractivity contribution >= 4 is 17.8 Å². The molecule has 4 nitrogen and oxygen atoms in total. The minimum absolute atomic E-state index is 0. The Balaban J connectivity index is 0.00000288. The van der Waals surface area contributed by atoms with Gasteiger partial charge in [-0.2, -0.15) is 0 Å². The number of halogens is 1. The number of aliphatic hydroxyl groups excluding tert-OH is 2. The molecule has 2 rings (SSSR count). The number of aryl methyl sites for hydroxylation is 1. The second kappa shape index (κ2) is 11.2. The fraction of sp³-hybridized carbons (Fsp3) is 0.316. The van der Waals surface area contributed by atoms with Gasteiger partial charge in [0.1, 0.15) is 6.54 Å². The smallest absolute Gasteiger partial charge is 0.169 e. The molecule has 0 aliphatic carbocycles. The van der Waals surface area contributed by atoms with Crippen LogP contribution >= 0.6 is 0 Å². The molecule has 0 aliphatic rings. The molecule has 2 N–H and O–H groups in total. The summed E-state index contributed by atoms with van der Waals surface area (Å²) in [7, 11) is 0. The summed E-state index contributed by atoms with van der Waals surface area (Å²) in [4.78, 5) is 1.97. The predicted molar refractivity (Wildman–Crippen MR) is 94.1 cm³/mol. The van der Waals surface area contributed by atoms with Crippen molar-refractivity contribution in [2.45, 2.75) is 13.5 Å². The largest absolute Gasteiger partial charge is 1.00 e. The molecule has 0 radical (unpaired) electrons. The summed E-state index contributed by atoms with van der Waals surface area (Å²) in [5, 5.41) is 18.2. The normalized spacial score (nSPS) is 10.6. The molecular formula is C19H25IN2O2. The van der Waals surface area contributed by atoms with Crippen molar-refractivity contribution in [2.75, 3.05) is 31.2 Å². The molecule has 0 spiro atoms. The van der Waals surface area contributed by atoms with E-state index in [1.165, 1.54) is 5.56 Å². The Morgan fingerprint density at radius 2 is 1.38 bits per heavy atom. The highest BCUT2D eigenvalue weighted by molar-refractivity contribution is 5.70. The Bertz CT molecular complexity index is 606. The van der Waals surface area contributed by atoms with Crippen molar-refractivity contribution in [1.29, 1.82) is 0 Å². The van der Waals surface area contributed by atoms with Gasteiger partial charge >= 0.3 is 0 Å². The molecule has 0 saturated heterocycles. The molecule has 0 amide bonds. The highest BCUT2D eigenvalue weighted by atomic mass is 127. The molecule has 24 heavy (non-hydrogen) atoms. The Hall–Kier alpha value is -1.44.